The van der Waals surface area contributed by atoms with Crippen molar-refractivity contribution in [1.82, 2.24) is 19.8 Å². The molecule has 0 amide bonds. The summed E-state index contributed by atoms with van der Waals surface area (Å²) in [5, 5.41) is 3.04. The van der Waals surface area contributed by atoms with Crippen LogP contribution in [0, 0.1) is 0 Å². The third kappa shape index (κ3) is 5.40. The van der Waals surface area contributed by atoms with Crippen molar-refractivity contribution in [3.05, 3.63) is 30.3 Å². The lowest BCUT2D eigenvalue weighted by atomic mass is 10.3. The molecule has 2 aliphatic rings. The topological polar surface area (TPSA) is 86.3 Å². The number of guanidine groups is 1. The van der Waals surface area contributed by atoms with Crippen LogP contribution in [0.2, 0.25) is 0 Å². The summed E-state index contributed by atoms with van der Waals surface area (Å²) >= 11 is 0. The zero-order valence-electron chi connectivity index (χ0n) is 14.2. The highest BCUT2D eigenvalue weighted by Crippen LogP contribution is 2.07. The molecule has 0 saturated carbocycles. The monoisotopic (exact) mass is 367 g/mol. The first-order valence-corrected chi connectivity index (χ1v) is 10.0. The molecule has 0 spiro atoms. The molecule has 25 heavy (non-hydrogen) atoms. The van der Waals surface area contributed by atoms with Crippen LogP contribution >= 0.6 is 0 Å². The van der Waals surface area contributed by atoms with Gasteiger partial charge in [-0.05, 0) is 25.1 Å². The molecular weight excluding hydrogens is 342 g/mol. The zero-order valence-corrected chi connectivity index (χ0v) is 15.0. The van der Waals surface area contributed by atoms with Crippen molar-refractivity contribution >= 4 is 16.0 Å². The molecule has 2 N–H and O–H groups in total. The van der Waals surface area contributed by atoms with Crippen LogP contribution in [0.15, 0.2) is 40.2 Å². The van der Waals surface area contributed by atoms with E-state index in [1.807, 2.05) is 0 Å². The van der Waals surface area contributed by atoms with E-state index in [1.165, 1.54) is 0 Å². The molecule has 2 aliphatic heterocycles. The summed E-state index contributed by atoms with van der Waals surface area (Å²) in [7, 11) is -3.59. The van der Waals surface area contributed by atoms with Crippen LogP contribution < -0.4 is 10.0 Å². The average molecular weight is 367 g/mol. The third-order valence-corrected chi connectivity index (χ3v) is 5.59. The van der Waals surface area contributed by atoms with Gasteiger partial charge in [-0.25, -0.2) is 18.1 Å². The zero-order chi connectivity index (χ0) is 17.5. The molecule has 0 unspecified atom stereocenters. The highest BCUT2D eigenvalue weighted by Gasteiger charge is 2.19. The van der Waals surface area contributed by atoms with E-state index in [-0.39, 0.29) is 4.90 Å². The Labute approximate surface area is 148 Å². The summed E-state index contributed by atoms with van der Waals surface area (Å²) in [4.78, 5) is 9.08. The second-order valence-corrected chi connectivity index (χ2v) is 7.79. The van der Waals surface area contributed by atoms with Crippen molar-refractivity contribution in [2.45, 2.75) is 11.3 Å². The van der Waals surface area contributed by atoms with Crippen molar-refractivity contribution in [2.24, 2.45) is 4.99 Å². The minimum Gasteiger partial charge on any atom is -0.379 e. The summed E-state index contributed by atoms with van der Waals surface area (Å²) in [6, 6.07) is 8.29. The fourth-order valence-corrected chi connectivity index (χ4v) is 3.83. The number of aliphatic imine (C=N–C) groups is 1. The largest absolute Gasteiger partial charge is 0.379 e. The molecule has 0 atom stereocenters. The number of morpholine rings is 1. The van der Waals surface area contributed by atoms with Crippen molar-refractivity contribution in [3.63, 3.8) is 0 Å². The van der Waals surface area contributed by atoms with E-state index in [2.05, 4.69) is 24.8 Å². The summed E-state index contributed by atoms with van der Waals surface area (Å²) in [5.74, 6) is 0.299. The van der Waals surface area contributed by atoms with Gasteiger partial charge in [0, 0.05) is 19.6 Å². The molecule has 8 nitrogen and oxygen atoms in total. The fraction of sp³-hybridized carbons (Fsp3) is 0.562. The quantitative estimate of drug-likeness (QED) is 0.728. The standard InChI is InChI=1S/C16H25N5O3S/c22-25(23,15-5-2-1-3-6-15)19-16-17-13-21(14-18-16)8-4-7-20-9-11-24-12-10-20/h1-3,5-6H,4,7-14H2,(H2,17,18,19). The first-order chi connectivity index (χ1) is 12.1. The number of sulfonamides is 1. The maximum Gasteiger partial charge on any atom is 0.264 e. The Morgan fingerprint density at radius 2 is 1.84 bits per heavy atom. The lowest BCUT2D eigenvalue weighted by Gasteiger charge is -2.29. The van der Waals surface area contributed by atoms with Gasteiger partial charge in [0.2, 0.25) is 5.96 Å². The molecule has 2 heterocycles. The van der Waals surface area contributed by atoms with E-state index in [4.69, 9.17) is 4.74 Å². The Balaban J connectivity index is 1.43. The van der Waals surface area contributed by atoms with E-state index >= 15 is 0 Å². The summed E-state index contributed by atoms with van der Waals surface area (Å²) in [5.41, 5.74) is 0. The van der Waals surface area contributed by atoms with Gasteiger partial charge >= 0.3 is 0 Å². The average Bonchev–Trinajstić information content (AvgIpc) is 2.65. The maximum atomic E-state index is 12.3. The smallest absolute Gasteiger partial charge is 0.264 e. The third-order valence-electron chi connectivity index (χ3n) is 4.24. The van der Waals surface area contributed by atoms with Gasteiger partial charge in [0.15, 0.2) is 0 Å². The molecule has 3 rings (SSSR count). The van der Waals surface area contributed by atoms with Crippen LogP contribution in [0.25, 0.3) is 0 Å². The van der Waals surface area contributed by atoms with Gasteiger partial charge in [-0.1, -0.05) is 18.2 Å². The number of ether oxygens (including phenoxy) is 1. The molecule has 1 fully saturated rings. The van der Waals surface area contributed by atoms with Crippen molar-refractivity contribution in [3.8, 4) is 0 Å². The number of nitrogens with one attached hydrogen (secondary N) is 2. The van der Waals surface area contributed by atoms with Crippen molar-refractivity contribution in [2.75, 3.05) is 52.7 Å². The molecule has 1 saturated heterocycles. The second kappa shape index (κ2) is 8.61. The molecular formula is C16H25N5O3S. The van der Waals surface area contributed by atoms with E-state index < -0.39 is 10.0 Å². The summed E-state index contributed by atoms with van der Waals surface area (Å²) < 4.78 is 32.4. The highest BCUT2D eigenvalue weighted by molar-refractivity contribution is 7.90. The molecule has 0 bridgehead atoms. The molecule has 1 aromatic rings. The van der Waals surface area contributed by atoms with E-state index in [0.29, 0.717) is 19.3 Å². The molecule has 0 aliphatic carbocycles. The summed E-state index contributed by atoms with van der Waals surface area (Å²) in [6.07, 6.45) is 1.06. The maximum absolute atomic E-state index is 12.3. The van der Waals surface area contributed by atoms with Crippen LogP contribution in [-0.2, 0) is 14.8 Å². The van der Waals surface area contributed by atoms with Crippen LogP contribution in [-0.4, -0.2) is 76.9 Å². The van der Waals surface area contributed by atoms with Crippen LogP contribution in [0.3, 0.4) is 0 Å². The Kier molecular flexibility index (Phi) is 6.24. The normalized spacial score (nSPS) is 19.9. The SMILES string of the molecule is O=S(=O)(NC1=NCN(CCCN2CCOCC2)CN1)c1ccccc1. The second-order valence-electron chi connectivity index (χ2n) is 6.10. The van der Waals surface area contributed by atoms with Gasteiger partial charge in [-0.2, -0.15) is 0 Å². The van der Waals surface area contributed by atoms with E-state index in [0.717, 1.165) is 45.8 Å². The Morgan fingerprint density at radius 1 is 1.12 bits per heavy atom. The lowest BCUT2D eigenvalue weighted by molar-refractivity contribution is 0.0360. The lowest BCUT2D eigenvalue weighted by Crippen LogP contribution is -2.50. The number of rotatable bonds is 6. The van der Waals surface area contributed by atoms with Crippen LogP contribution in [0.4, 0.5) is 0 Å². The predicted molar refractivity (Wildman–Crippen MR) is 95.7 cm³/mol. The molecule has 0 radical (unpaired) electrons. The first-order valence-electron chi connectivity index (χ1n) is 8.52. The first kappa shape index (κ1) is 18.1. The fourth-order valence-electron chi connectivity index (χ4n) is 2.81. The minimum absolute atomic E-state index is 0.229. The highest BCUT2D eigenvalue weighted by atomic mass is 32.2. The van der Waals surface area contributed by atoms with Gasteiger partial charge in [-0.15, -0.1) is 0 Å². The van der Waals surface area contributed by atoms with Crippen molar-refractivity contribution < 1.29 is 13.2 Å². The number of hydrogen-bond donors (Lipinski definition) is 2. The number of nitrogens with zero attached hydrogens (tertiary/aromatic N) is 3. The molecule has 9 heteroatoms. The van der Waals surface area contributed by atoms with Gasteiger partial charge in [0.05, 0.1) is 31.4 Å². The van der Waals surface area contributed by atoms with Crippen LogP contribution in [0.5, 0.6) is 0 Å². The summed E-state index contributed by atoms with van der Waals surface area (Å²) in [6.45, 7) is 6.69. The predicted octanol–water partition coefficient (Wildman–Crippen LogP) is -0.137. The Morgan fingerprint density at radius 3 is 2.52 bits per heavy atom. The Bertz CT molecular complexity index is 674. The van der Waals surface area contributed by atoms with Crippen LogP contribution in [0.1, 0.15) is 6.42 Å². The molecule has 1 aromatic carbocycles. The van der Waals surface area contributed by atoms with Gasteiger partial charge < -0.3 is 10.1 Å². The van der Waals surface area contributed by atoms with E-state index in [9.17, 15) is 8.42 Å². The molecule has 138 valence electrons. The van der Waals surface area contributed by atoms with Gasteiger partial charge in [-0.3, -0.25) is 9.80 Å². The Hall–Kier alpha value is -1.68. The van der Waals surface area contributed by atoms with E-state index in [1.54, 1.807) is 30.3 Å². The molecule has 0 aromatic heterocycles. The van der Waals surface area contributed by atoms with Gasteiger partial charge in [0.25, 0.3) is 10.0 Å². The van der Waals surface area contributed by atoms with Crippen molar-refractivity contribution in [1.29, 1.82) is 0 Å². The minimum atomic E-state index is -3.59. The number of hydrogen-bond acceptors (Lipinski definition) is 7. The van der Waals surface area contributed by atoms with Gasteiger partial charge in [0.1, 0.15) is 0 Å². The number of benzene rings is 1.